The summed E-state index contributed by atoms with van der Waals surface area (Å²) in [6.45, 7) is 3.71. The number of amides is 3. The fourth-order valence-electron chi connectivity index (χ4n) is 2.63. The van der Waals surface area contributed by atoms with Crippen LogP contribution in [0.4, 0.5) is 5.69 Å². The molecule has 2 rings (SSSR count). The third kappa shape index (κ3) is 4.81. The number of carbonyl (C=O) groups excluding carboxylic acids is 3. The molecule has 23 heavy (non-hydrogen) atoms. The molecule has 0 aliphatic heterocycles. The largest absolute Gasteiger partial charge is 0.350 e. The Morgan fingerprint density at radius 3 is 2.35 bits per heavy atom. The summed E-state index contributed by atoms with van der Waals surface area (Å²) in [7, 11) is 0. The summed E-state index contributed by atoms with van der Waals surface area (Å²) in [5.41, 5.74) is 0.667. The predicted octanol–water partition coefficient (Wildman–Crippen LogP) is 1.82. The summed E-state index contributed by atoms with van der Waals surface area (Å²) >= 11 is 0. The van der Waals surface area contributed by atoms with E-state index >= 15 is 0 Å². The van der Waals surface area contributed by atoms with Crippen molar-refractivity contribution in [3.63, 3.8) is 0 Å². The maximum atomic E-state index is 12.1. The fraction of sp³-hybridized carbons (Fsp3) is 0.471. The topological polar surface area (TPSA) is 87.3 Å². The number of para-hydroxylation sites is 1. The van der Waals surface area contributed by atoms with E-state index in [4.69, 9.17) is 0 Å². The Morgan fingerprint density at radius 2 is 1.70 bits per heavy atom. The second kappa shape index (κ2) is 7.76. The van der Waals surface area contributed by atoms with Crippen LogP contribution in [0.5, 0.6) is 0 Å². The van der Waals surface area contributed by atoms with Gasteiger partial charge in [0.1, 0.15) is 0 Å². The highest BCUT2D eigenvalue weighted by Gasteiger charge is 2.22. The molecule has 1 aromatic rings. The number of hydrogen-bond acceptors (Lipinski definition) is 3. The van der Waals surface area contributed by atoms with Crippen molar-refractivity contribution in [1.82, 2.24) is 10.6 Å². The van der Waals surface area contributed by atoms with E-state index in [0.29, 0.717) is 11.3 Å². The molecule has 0 unspecified atom stereocenters. The van der Waals surface area contributed by atoms with Gasteiger partial charge in [0.2, 0.25) is 0 Å². The Morgan fingerprint density at radius 1 is 1.04 bits per heavy atom. The maximum absolute atomic E-state index is 12.1. The molecule has 6 heteroatoms. The van der Waals surface area contributed by atoms with Crippen LogP contribution in [0, 0.1) is 0 Å². The van der Waals surface area contributed by atoms with Gasteiger partial charge in [0, 0.05) is 12.1 Å². The molecule has 124 valence electrons. The van der Waals surface area contributed by atoms with Crippen molar-refractivity contribution >= 4 is 23.4 Å². The molecule has 3 N–H and O–H groups in total. The average molecular weight is 317 g/mol. The normalized spacial score (nSPS) is 14.6. The quantitative estimate of drug-likeness (QED) is 0.740. The van der Waals surface area contributed by atoms with E-state index in [1.54, 1.807) is 24.3 Å². The van der Waals surface area contributed by atoms with Crippen molar-refractivity contribution in [2.45, 2.75) is 51.6 Å². The van der Waals surface area contributed by atoms with Gasteiger partial charge in [-0.25, -0.2) is 0 Å². The number of rotatable bonds is 4. The maximum Gasteiger partial charge on any atom is 0.313 e. The van der Waals surface area contributed by atoms with Crippen molar-refractivity contribution in [2.24, 2.45) is 0 Å². The van der Waals surface area contributed by atoms with Gasteiger partial charge < -0.3 is 16.0 Å². The monoisotopic (exact) mass is 317 g/mol. The minimum Gasteiger partial charge on any atom is -0.350 e. The van der Waals surface area contributed by atoms with Crippen LogP contribution in [0.15, 0.2) is 24.3 Å². The summed E-state index contributed by atoms with van der Waals surface area (Å²) in [5, 5.41) is 8.02. The third-order valence-electron chi connectivity index (χ3n) is 3.74. The minimum absolute atomic E-state index is 0.0167. The van der Waals surface area contributed by atoms with E-state index in [1.165, 1.54) is 0 Å². The summed E-state index contributed by atoms with van der Waals surface area (Å²) < 4.78 is 0. The van der Waals surface area contributed by atoms with Crippen LogP contribution >= 0.6 is 0 Å². The highest BCUT2D eigenvalue weighted by atomic mass is 16.2. The van der Waals surface area contributed by atoms with Gasteiger partial charge in [-0.15, -0.1) is 0 Å². The Labute approximate surface area is 136 Å². The molecule has 1 aliphatic carbocycles. The van der Waals surface area contributed by atoms with Crippen molar-refractivity contribution in [3.8, 4) is 0 Å². The minimum atomic E-state index is -0.748. The summed E-state index contributed by atoms with van der Waals surface area (Å²) in [5.74, 6) is -1.69. The molecular formula is C17H23N3O3. The van der Waals surface area contributed by atoms with Crippen LogP contribution in [0.1, 0.15) is 49.9 Å². The van der Waals surface area contributed by atoms with Crippen molar-refractivity contribution in [1.29, 1.82) is 0 Å². The zero-order chi connectivity index (χ0) is 16.8. The Balaban J connectivity index is 2.02. The average Bonchev–Trinajstić information content (AvgIpc) is 2.99. The van der Waals surface area contributed by atoms with Gasteiger partial charge >= 0.3 is 11.8 Å². The van der Waals surface area contributed by atoms with Gasteiger partial charge in [0.15, 0.2) is 0 Å². The van der Waals surface area contributed by atoms with Crippen LogP contribution in [-0.2, 0) is 9.59 Å². The van der Waals surface area contributed by atoms with E-state index in [9.17, 15) is 14.4 Å². The Kier molecular flexibility index (Phi) is 5.73. The van der Waals surface area contributed by atoms with Crippen LogP contribution in [0.25, 0.3) is 0 Å². The number of anilines is 1. The molecule has 0 bridgehead atoms. The van der Waals surface area contributed by atoms with Gasteiger partial charge in [-0.1, -0.05) is 25.0 Å². The molecule has 1 aliphatic rings. The van der Waals surface area contributed by atoms with Crippen molar-refractivity contribution < 1.29 is 14.4 Å². The first kappa shape index (κ1) is 17.0. The van der Waals surface area contributed by atoms with Crippen LogP contribution in [0.3, 0.4) is 0 Å². The molecule has 0 atom stereocenters. The first-order valence-corrected chi connectivity index (χ1v) is 7.99. The van der Waals surface area contributed by atoms with E-state index < -0.39 is 11.8 Å². The molecule has 0 heterocycles. The van der Waals surface area contributed by atoms with Crippen LogP contribution in [0.2, 0.25) is 0 Å². The van der Waals surface area contributed by atoms with Gasteiger partial charge in [-0.2, -0.15) is 0 Å². The van der Waals surface area contributed by atoms with Crippen LogP contribution in [-0.4, -0.2) is 29.8 Å². The predicted molar refractivity (Wildman–Crippen MR) is 88.1 cm³/mol. The number of nitrogens with one attached hydrogen (secondary N) is 3. The molecule has 0 aromatic heterocycles. The molecular weight excluding hydrogens is 294 g/mol. The summed E-state index contributed by atoms with van der Waals surface area (Å²) in [4.78, 5) is 36.1. The lowest BCUT2D eigenvalue weighted by molar-refractivity contribution is -0.136. The lowest BCUT2D eigenvalue weighted by atomic mass is 10.1. The van der Waals surface area contributed by atoms with Crippen molar-refractivity contribution in [2.75, 3.05) is 5.32 Å². The molecule has 3 amide bonds. The molecule has 1 aromatic carbocycles. The smallest absolute Gasteiger partial charge is 0.313 e. The fourth-order valence-corrected chi connectivity index (χ4v) is 2.63. The first-order chi connectivity index (χ1) is 11.0. The Bertz CT molecular complexity index is 593. The molecule has 0 radical (unpaired) electrons. The second-order valence-corrected chi connectivity index (χ2v) is 6.08. The molecule has 0 spiro atoms. The second-order valence-electron chi connectivity index (χ2n) is 6.08. The lowest BCUT2D eigenvalue weighted by Crippen LogP contribution is -2.41. The molecule has 1 fully saturated rings. The number of carbonyl (C=O) groups is 3. The summed E-state index contributed by atoms with van der Waals surface area (Å²) in [6.07, 6.45) is 3.97. The van der Waals surface area contributed by atoms with Gasteiger partial charge in [-0.05, 0) is 38.8 Å². The SMILES string of the molecule is CC(C)NC(=O)c1ccccc1NC(=O)C(=O)NC1CCCC1. The zero-order valence-corrected chi connectivity index (χ0v) is 13.5. The Hall–Kier alpha value is -2.37. The zero-order valence-electron chi connectivity index (χ0n) is 13.5. The van der Waals surface area contributed by atoms with E-state index in [-0.39, 0.29) is 18.0 Å². The standard InChI is InChI=1S/C17H23N3O3/c1-11(2)18-15(21)13-9-5-6-10-14(13)20-17(23)16(22)19-12-7-3-4-8-12/h5-6,9-12H,3-4,7-8H2,1-2H3,(H,18,21)(H,19,22)(H,20,23). The number of benzene rings is 1. The van der Waals surface area contributed by atoms with Gasteiger partial charge in [-0.3, -0.25) is 14.4 Å². The number of hydrogen-bond donors (Lipinski definition) is 3. The summed E-state index contributed by atoms with van der Waals surface area (Å²) in [6, 6.07) is 6.70. The van der Waals surface area contributed by atoms with Gasteiger partial charge in [0.05, 0.1) is 11.3 Å². The molecule has 6 nitrogen and oxygen atoms in total. The lowest BCUT2D eigenvalue weighted by Gasteiger charge is -2.14. The van der Waals surface area contributed by atoms with E-state index in [0.717, 1.165) is 25.7 Å². The van der Waals surface area contributed by atoms with E-state index in [2.05, 4.69) is 16.0 Å². The molecule has 1 saturated carbocycles. The van der Waals surface area contributed by atoms with Crippen molar-refractivity contribution in [3.05, 3.63) is 29.8 Å². The van der Waals surface area contributed by atoms with Crippen LogP contribution < -0.4 is 16.0 Å². The third-order valence-corrected chi connectivity index (χ3v) is 3.74. The molecule has 0 saturated heterocycles. The first-order valence-electron chi connectivity index (χ1n) is 7.99. The highest BCUT2D eigenvalue weighted by molar-refractivity contribution is 6.40. The van der Waals surface area contributed by atoms with E-state index in [1.807, 2.05) is 13.8 Å². The highest BCUT2D eigenvalue weighted by Crippen LogP contribution is 2.18. The van der Waals surface area contributed by atoms with Gasteiger partial charge in [0.25, 0.3) is 5.91 Å².